The zero-order chi connectivity index (χ0) is 15.8. The largest absolute Gasteiger partial charge is 0.357 e. The van der Waals surface area contributed by atoms with E-state index in [9.17, 15) is 0 Å². The smallest absolute Gasteiger partial charge is 0.194 e. The van der Waals surface area contributed by atoms with Crippen molar-refractivity contribution in [3.05, 3.63) is 52.8 Å². The Morgan fingerprint density at radius 3 is 2.78 bits per heavy atom. The van der Waals surface area contributed by atoms with Gasteiger partial charge >= 0.3 is 0 Å². The highest BCUT2D eigenvalue weighted by Crippen LogP contribution is 2.17. The molecular formula is C16H23BrIN5. The molecule has 0 aliphatic heterocycles. The normalized spacial score (nSPS) is 11.0. The quantitative estimate of drug-likeness (QED) is 0.383. The number of guanidine groups is 1. The lowest BCUT2D eigenvalue weighted by Gasteiger charge is -2.22. The predicted molar refractivity (Wildman–Crippen MR) is 109 cm³/mol. The van der Waals surface area contributed by atoms with E-state index in [-0.39, 0.29) is 24.0 Å². The second-order valence-electron chi connectivity index (χ2n) is 4.95. The number of hydrogen-bond donors (Lipinski definition) is 1. The van der Waals surface area contributed by atoms with Gasteiger partial charge in [-0.2, -0.15) is 5.10 Å². The highest BCUT2D eigenvalue weighted by molar-refractivity contribution is 14.0. The van der Waals surface area contributed by atoms with Gasteiger partial charge in [0.25, 0.3) is 0 Å². The maximum atomic E-state index is 4.67. The summed E-state index contributed by atoms with van der Waals surface area (Å²) in [7, 11) is 2.05. The molecule has 0 amide bonds. The summed E-state index contributed by atoms with van der Waals surface area (Å²) in [5.74, 6) is 0.908. The van der Waals surface area contributed by atoms with Crippen LogP contribution in [0.25, 0.3) is 0 Å². The number of aliphatic imine (C=N–C) groups is 1. The highest BCUT2D eigenvalue weighted by Gasteiger charge is 2.08. The van der Waals surface area contributed by atoms with Gasteiger partial charge in [0.1, 0.15) is 0 Å². The Labute approximate surface area is 163 Å². The molecule has 2 aromatic rings. The molecule has 0 saturated heterocycles. The summed E-state index contributed by atoms with van der Waals surface area (Å²) in [5, 5.41) is 7.52. The van der Waals surface area contributed by atoms with Crippen LogP contribution in [0.15, 0.2) is 52.2 Å². The lowest BCUT2D eigenvalue weighted by atomic mass is 10.2. The monoisotopic (exact) mass is 491 g/mol. The van der Waals surface area contributed by atoms with Crippen LogP contribution in [0, 0.1) is 0 Å². The first kappa shape index (κ1) is 20.0. The van der Waals surface area contributed by atoms with Crippen LogP contribution in [0.3, 0.4) is 0 Å². The van der Waals surface area contributed by atoms with Crippen LogP contribution < -0.4 is 5.32 Å². The Morgan fingerprint density at radius 1 is 1.35 bits per heavy atom. The van der Waals surface area contributed by atoms with Crippen molar-refractivity contribution in [1.29, 1.82) is 0 Å². The molecule has 1 N–H and O–H groups in total. The third-order valence-electron chi connectivity index (χ3n) is 3.21. The number of rotatable bonds is 6. The molecule has 2 rings (SSSR count). The summed E-state index contributed by atoms with van der Waals surface area (Å²) >= 11 is 3.59. The van der Waals surface area contributed by atoms with Gasteiger partial charge in [-0.25, -0.2) is 0 Å². The van der Waals surface area contributed by atoms with Crippen LogP contribution in [0.5, 0.6) is 0 Å². The Hall–Kier alpha value is -1.09. The fourth-order valence-corrected chi connectivity index (χ4v) is 2.53. The van der Waals surface area contributed by atoms with E-state index in [0.717, 1.165) is 30.1 Å². The summed E-state index contributed by atoms with van der Waals surface area (Å²) in [6.07, 6.45) is 3.74. The topological polar surface area (TPSA) is 45.5 Å². The number of benzene rings is 1. The van der Waals surface area contributed by atoms with Crippen molar-refractivity contribution in [3.63, 3.8) is 0 Å². The van der Waals surface area contributed by atoms with Crippen LogP contribution in [0.4, 0.5) is 0 Å². The average Bonchev–Trinajstić information content (AvgIpc) is 3.02. The number of hydrogen-bond acceptors (Lipinski definition) is 2. The standard InChI is InChI=1S/C16H22BrN5.HI/c1-3-18-16(19-10-12-22-11-6-9-20-22)21(2)13-14-7-4-5-8-15(14)17;/h4-9,11H,3,10,12-13H2,1-2H3,(H,18,19);1H. The first-order valence-electron chi connectivity index (χ1n) is 7.41. The summed E-state index contributed by atoms with van der Waals surface area (Å²) in [4.78, 5) is 6.80. The van der Waals surface area contributed by atoms with Gasteiger partial charge in [0.05, 0.1) is 13.1 Å². The molecule has 23 heavy (non-hydrogen) atoms. The second-order valence-corrected chi connectivity index (χ2v) is 5.81. The van der Waals surface area contributed by atoms with Gasteiger partial charge in [-0.15, -0.1) is 24.0 Å². The Balaban J connectivity index is 0.00000264. The Bertz CT molecular complexity index is 600. The van der Waals surface area contributed by atoms with Crippen LogP contribution in [-0.4, -0.2) is 40.8 Å². The molecule has 0 saturated carbocycles. The molecule has 0 unspecified atom stereocenters. The zero-order valence-corrected chi connectivity index (χ0v) is 17.4. The minimum Gasteiger partial charge on any atom is -0.357 e. The van der Waals surface area contributed by atoms with E-state index in [4.69, 9.17) is 0 Å². The molecule has 0 radical (unpaired) electrons. The molecule has 0 spiro atoms. The van der Waals surface area contributed by atoms with Crippen LogP contribution in [0.1, 0.15) is 12.5 Å². The minimum atomic E-state index is 0. The van der Waals surface area contributed by atoms with Crippen molar-refractivity contribution in [3.8, 4) is 0 Å². The van der Waals surface area contributed by atoms with Gasteiger partial charge in [-0.05, 0) is 24.6 Å². The SMILES string of the molecule is CCNC(=NCCn1cccn1)N(C)Cc1ccccc1Br.I. The molecular weight excluding hydrogens is 469 g/mol. The number of halogens is 2. The number of aromatic nitrogens is 2. The van der Waals surface area contributed by atoms with Crippen molar-refractivity contribution >= 4 is 45.9 Å². The molecule has 1 heterocycles. The van der Waals surface area contributed by atoms with Crippen molar-refractivity contribution in [2.75, 3.05) is 20.1 Å². The van der Waals surface area contributed by atoms with Crippen molar-refractivity contribution in [2.24, 2.45) is 4.99 Å². The molecule has 0 atom stereocenters. The Kier molecular flexibility index (Phi) is 9.23. The van der Waals surface area contributed by atoms with E-state index in [1.54, 1.807) is 6.20 Å². The lowest BCUT2D eigenvalue weighted by Crippen LogP contribution is -2.38. The van der Waals surface area contributed by atoms with Gasteiger partial charge in [-0.1, -0.05) is 34.1 Å². The molecule has 126 valence electrons. The highest BCUT2D eigenvalue weighted by atomic mass is 127. The molecule has 0 fully saturated rings. The fourth-order valence-electron chi connectivity index (χ4n) is 2.12. The first-order valence-corrected chi connectivity index (χ1v) is 8.20. The summed E-state index contributed by atoms with van der Waals surface area (Å²) < 4.78 is 3.01. The predicted octanol–water partition coefficient (Wildman–Crippen LogP) is 3.36. The van der Waals surface area contributed by atoms with Crippen LogP contribution >= 0.6 is 39.9 Å². The van der Waals surface area contributed by atoms with Crippen LogP contribution in [0.2, 0.25) is 0 Å². The molecule has 7 heteroatoms. The maximum Gasteiger partial charge on any atom is 0.194 e. The molecule has 0 aliphatic rings. The summed E-state index contributed by atoms with van der Waals surface area (Å²) in [6.45, 7) is 5.21. The van der Waals surface area contributed by atoms with E-state index < -0.39 is 0 Å². The van der Waals surface area contributed by atoms with E-state index in [0.29, 0.717) is 6.54 Å². The van der Waals surface area contributed by atoms with Gasteiger partial charge in [0, 0.05) is 37.0 Å². The van der Waals surface area contributed by atoms with E-state index in [1.807, 2.05) is 23.0 Å². The van der Waals surface area contributed by atoms with Gasteiger partial charge in [0.15, 0.2) is 5.96 Å². The van der Waals surface area contributed by atoms with E-state index in [2.05, 4.69) is 68.4 Å². The minimum absolute atomic E-state index is 0. The summed E-state index contributed by atoms with van der Waals surface area (Å²) in [6, 6.07) is 10.2. The van der Waals surface area contributed by atoms with E-state index >= 15 is 0 Å². The maximum absolute atomic E-state index is 4.67. The lowest BCUT2D eigenvalue weighted by molar-refractivity contribution is 0.474. The molecule has 1 aromatic carbocycles. The van der Waals surface area contributed by atoms with Crippen molar-refractivity contribution < 1.29 is 0 Å². The van der Waals surface area contributed by atoms with Crippen LogP contribution in [-0.2, 0) is 13.1 Å². The zero-order valence-electron chi connectivity index (χ0n) is 13.4. The first-order chi connectivity index (χ1) is 10.7. The van der Waals surface area contributed by atoms with Gasteiger partial charge < -0.3 is 10.2 Å². The number of nitrogens with one attached hydrogen (secondary N) is 1. The second kappa shape index (κ2) is 10.6. The van der Waals surface area contributed by atoms with Crippen molar-refractivity contribution in [2.45, 2.75) is 20.0 Å². The molecule has 0 bridgehead atoms. The van der Waals surface area contributed by atoms with Gasteiger partial charge in [0.2, 0.25) is 0 Å². The van der Waals surface area contributed by atoms with Gasteiger partial charge in [-0.3, -0.25) is 9.67 Å². The molecule has 0 aliphatic carbocycles. The average molecular weight is 492 g/mol. The van der Waals surface area contributed by atoms with E-state index in [1.165, 1.54) is 5.56 Å². The third kappa shape index (κ3) is 6.50. The van der Waals surface area contributed by atoms with Crippen molar-refractivity contribution in [1.82, 2.24) is 20.0 Å². The fraction of sp³-hybridized carbons (Fsp3) is 0.375. The molecule has 5 nitrogen and oxygen atoms in total. The number of nitrogens with zero attached hydrogens (tertiary/aromatic N) is 4. The Morgan fingerprint density at radius 2 is 2.13 bits per heavy atom. The summed E-state index contributed by atoms with van der Waals surface area (Å²) in [5.41, 5.74) is 1.24. The third-order valence-corrected chi connectivity index (χ3v) is 3.99. The molecule has 1 aromatic heterocycles.